The van der Waals surface area contributed by atoms with E-state index in [9.17, 15) is 0 Å². The van der Waals surface area contributed by atoms with E-state index in [2.05, 4.69) is 37.9 Å². The molecule has 0 aromatic carbocycles. The zero-order valence-corrected chi connectivity index (χ0v) is 12.9. The Morgan fingerprint density at radius 1 is 1.17 bits per heavy atom. The van der Waals surface area contributed by atoms with Crippen LogP contribution in [-0.4, -0.2) is 49.8 Å². The quantitative estimate of drug-likeness (QED) is 0.757. The molecule has 0 aliphatic carbocycles. The van der Waals surface area contributed by atoms with Crippen LogP contribution in [0.5, 0.6) is 0 Å². The van der Waals surface area contributed by atoms with Crippen LogP contribution >= 0.6 is 0 Å². The summed E-state index contributed by atoms with van der Waals surface area (Å²) in [7, 11) is 1.79. The van der Waals surface area contributed by atoms with Gasteiger partial charge in [-0.2, -0.15) is 0 Å². The highest BCUT2D eigenvalue weighted by Crippen LogP contribution is 2.16. The Balaban J connectivity index is 2.32. The molecule has 0 saturated carbocycles. The molecule has 1 heterocycles. The largest absolute Gasteiger partial charge is 0.385 e. The van der Waals surface area contributed by atoms with Gasteiger partial charge >= 0.3 is 0 Å². The van der Waals surface area contributed by atoms with Crippen molar-refractivity contribution in [2.75, 3.05) is 26.8 Å². The summed E-state index contributed by atoms with van der Waals surface area (Å²) in [4.78, 5) is 2.58. The van der Waals surface area contributed by atoms with Crippen molar-refractivity contribution in [3.05, 3.63) is 0 Å². The summed E-state index contributed by atoms with van der Waals surface area (Å²) >= 11 is 0. The number of rotatable bonds is 7. The van der Waals surface area contributed by atoms with Crippen molar-refractivity contribution >= 4 is 0 Å². The number of methoxy groups -OCH3 is 1. The average Bonchev–Trinajstić information content (AvgIpc) is 2.34. The molecule has 18 heavy (non-hydrogen) atoms. The Bertz CT molecular complexity index is 211. The highest BCUT2D eigenvalue weighted by molar-refractivity contribution is 4.82. The summed E-state index contributed by atoms with van der Waals surface area (Å²) in [6.07, 6.45) is 3.70. The normalized spacial score (nSPS) is 20.8. The second kappa shape index (κ2) is 8.13. The SMILES string of the molecule is COCC[C@H](NC1CCN(C(C)C)CC1)C(C)C. The van der Waals surface area contributed by atoms with Crippen molar-refractivity contribution < 1.29 is 4.74 Å². The second-order valence-electron chi connectivity index (χ2n) is 6.20. The smallest absolute Gasteiger partial charge is 0.0477 e. The molecule has 3 nitrogen and oxygen atoms in total. The third-order valence-electron chi connectivity index (χ3n) is 4.15. The summed E-state index contributed by atoms with van der Waals surface area (Å²) in [5.41, 5.74) is 0. The molecule has 0 amide bonds. The van der Waals surface area contributed by atoms with Gasteiger partial charge in [0.25, 0.3) is 0 Å². The van der Waals surface area contributed by atoms with Crippen molar-refractivity contribution in [3.63, 3.8) is 0 Å². The van der Waals surface area contributed by atoms with Gasteiger partial charge in [0, 0.05) is 31.8 Å². The van der Waals surface area contributed by atoms with E-state index >= 15 is 0 Å². The predicted octanol–water partition coefficient (Wildman–Crippen LogP) is 2.51. The first-order valence-corrected chi connectivity index (χ1v) is 7.53. The number of hydrogen-bond acceptors (Lipinski definition) is 3. The fourth-order valence-corrected chi connectivity index (χ4v) is 2.74. The fraction of sp³-hybridized carbons (Fsp3) is 1.00. The minimum absolute atomic E-state index is 0.598. The van der Waals surface area contributed by atoms with Crippen LogP contribution in [0, 0.1) is 5.92 Å². The molecule has 0 bridgehead atoms. The number of hydrogen-bond donors (Lipinski definition) is 1. The summed E-state index contributed by atoms with van der Waals surface area (Å²) in [6, 6.07) is 1.99. The van der Waals surface area contributed by atoms with Crippen LogP contribution in [0.2, 0.25) is 0 Å². The number of likely N-dealkylation sites (tertiary alicyclic amines) is 1. The number of nitrogens with one attached hydrogen (secondary N) is 1. The Kier molecular flexibility index (Phi) is 7.20. The van der Waals surface area contributed by atoms with Crippen LogP contribution in [0.25, 0.3) is 0 Å². The topological polar surface area (TPSA) is 24.5 Å². The molecule has 1 N–H and O–H groups in total. The van der Waals surface area contributed by atoms with Gasteiger partial charge in [0.1, 0.15) is 0 Å². The summed E-state index contributed by atoms with van der Waals surface area (Å²) in [6.45, 7) is 12.5. The minimum Gasteiger partial charge on any atom is -0.385 e. The van der Waals surface area contributed by atoms with Crippen molar-refractivity contribution in [1.82, 2.24) is 10.2 Å². The van der Waals surface area contributed by atoms with E-state index in [1.807, 2.05) is 0 Å². The summed E-state index contributed by atoms with van der Waals surface area (Å²) in [5, 5.41) is 3.84. The van der Waals surface area contributed by atoms with Crippen molar-refractivity contribution in [2.24, 2.45) is 5.92 Å². The van der Waals surface area contributed by atoms with Crippen molar-refractivity contribution in [2.45, 2.75) is 65.1 Å². The first-order valence-electron chi connectivity index (χ1n) is 7.53. The monoisotopic (exact) mass is 256 g/mol. The third-order valence-corrected chi connectivity index (χ3v) is 4.15. The molecule has 1 atom stereocenters. The van der Waals surface area contributed by atoms with Crippen LogP contribution < -0.4 is 5.32 Å². The Morgan fingerprint density at radius 2 is 1.78 bits per heavy atom. The van der Waals surface area contributed by atoms with E-state index in [4.69, 9.17) is 4.74 Å². The minimum atomic E-state index is 0.598. The van der Waals surface area contributed by atoms with Gasteiger partial charge in [-0.25, -0.2) is 0 Å². The first-order chi connectivity index (χ1) is 8.54. The lowest BCUT2D eigenvalue weighted by Gasteiger charge is -2.37. The Morgan fingerprint density at radius 3 is 2.22 bits per heavy atom. The zero-order valence-electron chi connectivity index (χ0n) is 12.9. The molecular formula is C15H32N2O. The lowest BCUT2D eigenvalue weighted by Crippen LogP contribution is -2.49. The molecule has 0 spiro atoms. The van der Waals surface area contributed by atoms with Gasteiger partial charge in [-0.1, -0.05) is 13.8 Å². The summed E-state index contributed by atoms with van der Waals surface area (Å²) in [5.74, 6) is 0.684. The van der Waals surface area contributed by atoms with Gasteiger partial charge < -0.3 is 15.0 Å². The van der Waals surface area contributed by atoms with Gasteiger partial charge in [0.05, 0.1) is 0 Å². The summed E-state index contributed by atoms with van der Waals surface area (Å²) < 4.78 is 5.21. The highest BCUT2D eigenvalue weighted by Gasteiger charge is 2.23. The molecule has 0 unspecified atom stereocenters. The van der Waals surface area contributed by atoms with Crippen LogP contribution in [0.3, 0.4) is 0 Å². The maximum atomic E-state index is 5.21. The molecule has 1 fully saturated rings. The number of ether oxygens (including phenoxy) is 1. The van der Waals surface area contributed by atoms with Crippen molar-refractivity contribution in [1.29, 1.82) is 0 Å². The second-order valence-corrected chi connectivity index (χ2v) is 6.20. The molecule has 1 aliphatic rings. The molecule has 0 radical (unpaired) electrons. The average molecular weight is 256 g/mol. The molecular weight excluding hydrogens is 224 g/mol. The number of nitrogens with zero attached hydrogens (tertiary/aromatic N) is 1. The predicted molar refractivity (Wildman–Crippen MR) is 78.0 cm³/mol. The van der Waals surface area contributed by atoms with Gasteiger partial charge in [0.2, 0.25) is 0 Å². The third kappa shape index (κ3) is 5.25. The first kappa shape index (κ1) is 15.9. The standard InChI is InChI=1S/C15H32N2O/c1-12(2)15(8-11-18-5)16-14-6-9-17(10-7-14)13(3)4/h12-16H,6-11H2,1-5H3/t15-/m0/s1. The van der Waals surface area contributed by atoms with E-state index in [-0.39, 0.29) is 0 Å². The van der Waals surface area contributed by atoms with Crippen molar-refractivity contribution in [3.8, 4) is 0 Å². The van der Waals surface area contributed by atoms with Crippen LogP contribution in [0.1, 0.15) is 47.0 Å². The van der Waals surface area contributed by atoms with Gasteiger partial charge in [-0.3, -0.25) is 0 Å². The van der Waals surface area contributed by atoms with Gasteiger partial charge in [-0.15, -0.1) is 0 Å². The van der Waals surface area contributed by atoms with E-state index in [0.717, 1.165) is 13.0 Å². The number of piperidine rings is 1. The molecule has 1 rings (SSSR count). The van der Waals surface area contributed by atoms with Gasteiger partial charge in [-0.05, 0) is 52.1 Å². The molecule has 3 heteroatoms. The lowest BCUT2D eigenvalue weighted by atomic mass is 9.97. The zero-order chi connectivity index (χ0) is 13.5. The van der Waals surface area contributed by atoms with Gasteiger partial charge in [0.15, 0.2) is 0 Å². The highest BCUT2D eigenvalue weighted by atomic mass is 16.5. The van der Waals surface area contributed by atoms with E-state index < -0.39 is 0 Å². The lowest BCUT2D eigenvalue weighted by molar-refractivity contribution is 0.138. The van der Waals surface area contributed by atoms with E-state index in [1.54, 1.807) is 7.11 Å². The van der Waals surface area contributed by atoms with Crippen LogP contribution in [-0.2, 0) is 4.74 Å². The molecule has 1 aliphatic heterocycles. The maximum Gasteiger partial charge on any atom is 0.0477 e. The van der Waals surface area contributed by atoms with E-state index in [0.29, 0.717) is 24.0 Å². The van der Waals surface area contributed by atoms with E-state index in [1.165, 1.54) is 25.9 Å². The fourth-order valence-electron chi connectivity index (χ4n) is 2.74. The molecule has 1 saturated heterocycles. The Labute approximate surface area is 113 Å². The van der Waals surface area contributed by atoms with Crippen LogP contribution in [0.15, 0.2) is 0 Å². The molecule has 0 aromatic heterocycles. The Hall–Kier alpha value is -0.120. The molecule has 0 aromatic rings. The maximum absolute atomic E-state index is 5.21. The molecule has 108 valence electrons. The van der Waals surface area contributed by atoms with Crippen LogP contribution in [0.4, 0.5) is 0 Å².